The van der Waals surface area contributed by atoms with E-state index in [-0.39, 0.29) is 4.96 Å². The van der Waals surface area contributed by atoms with Gasteiger partial charge in [0.25, 0.3) is 0 Å². The maximum Gasteiger partial charge on any atom is 0.333 e. The number of aromatic nitrogens is 3. The van der Waals surface area contributed by atoms with Gasteiger partial charge in [-0.25, -0.2) is 13.9 Å². The standard InChI is InChI=1S/C18H13N5O4S/c24-14(20-17(27)19-11-6-2-1-3-7-11)10-22-15(25)16(26)23-12-8-4-5-9-13(12)28-18(23)21-22/h1-9H,10H2,(H2,19,20,24,27). The summed E-state index contributed by atoms with van der Waals surface area (Å²) >= 11 is 1.22. The Kier molecular flexibility index (Phi) is 4.45. The first-order valence-electron chi connectivity index (χ1n) is 8.20. The van der Waals surface area contributed by atoms with Gasteiger partial charge >= 0.3 is 17.1 Å². The normalized spacial score (nSPS) is 10.9. The van der Waals surface area contributed by atoms with Crippen molar-refractivity contribution in [3.63, 3.8) is 0 Å². The zero-order valence-corrected chi connectivity index (χ0v) is 15.1. The van der Waals surface area contributed by atoms with Crippen molar-refractivity contribution >= 4 is 44.1 Å². The minimum Gasteiger partial charge on any atom is -0.308 e. The zero-order valence-electron chi connectivity index (χ0n) is 14.3. The maximum absolute atomic E-state index is 12.5. The lowest BCUT2D eigenvalue weighted by Crippen LogP contribution is -2.44. The number of para-hydroxylation sites is 2. The van der Waals surface area contributed by atoms with Crippen LogP contribution in [0.2, 0.25) is 0 Å². The number of hydrogen-bond donors (Lipinski definition) is 2. The van der Waals surface area contributed by atoms with Crippen LogP contribution in [0, 0.1) is 0 Å². The van der Waals surface area contributed by atoms with Gasteiger partial charge in [0.15, 0.2) is 0 Å². The van der Waals surface area contributed by atoms with Crippen molar-refractivity contribution in [1.82, 2.24) is 19.5 Å². The fourth-order valence-electron chi connectivity index (χ4n) is 2.68. The van der Waals surface area contributed by atoms with Gasteiger partial charge in [0.2, 0.25) is 10.9 Å². The lowest BCUT2D eigenvalue weighted by molar-refractivity contribution is -0.120. The molecule has 4 rings (SSSR count). The molecule has 140 valence electrons. The molecule has 0 aliphatic rings. The first-order valence-corrected chi connectivity index (χ1v) is 9.02. The summed E-state index contributed by atoms with van der Waals surface area (Å²) in [6, 6.07) is 14.9. The molecule has 0 spiro atoms. The Balaban J connectivity index is 1.57. The molecular weight excluding hydrogens is 382 g/mol. The van der Waals surface area contributed by atoms with Crippen LogP contribution >= 0.6 is 11.3 Å². The Labute approximate surface area is 160 Å². The first kappa shape index (κ1) is 17.6. The summed E-state index contributed by atoms with van der Waals surface area (Å²) in [6.07, 6.45) is 0. The van der Waals surface area contributed by atoms with Crippen molar-refractivity contribution in [2.24, 2.45) is 0 Å². The summed E-state index contributed by atoms with van der Waals surface area (Å²) in [7, 11) is 0. The van der Waals surface area contributed by atoms with Crippen LogP contribution in [0.5, 0.6) is 0 Å². The molecule has 0 atom stereocenters. The number of carbonyl (C=O) groups excluding carboxylic acids is 2. The largest absolute Gasteiger partial charge is 0.333 e. The quantitative estimate of drug-likeness (QED) is 0.509. The number of urea groups is 1. The third-order valence-corrected chi connectivity index (χ3v) is 4.92. The number of carbonyl (C=O) groups is 2. The van der Waals surface area contributed by atoms with Crippen LogP contribution in [0.25, 0.3) is 15.2 Å². The molecule has 0 saturated heterocycles. The van der Waals surface area contributed by atoms with E-state index in [1.807, 2.05) is 12.1 Å². The molecule has 2 heterocycles. The highest BCUT2D eigenvalue weighted by molar-refractivity contribution is 7.23. The number of benzene rings is 2. The minimum atomic E-state index is -0.945. The summed E-state index contributed by atoms with van der Waals surface area (Å²) in [4.78, 5) is 49.1. The van der Waals surface area contributed by atoms with E-state index in [0.29, 0.717) is 11.2 Å². The average molecular weight is 395 g/mol. The predicted octanol–water partition coefficient (Wildman–Crippen LogP) is 1.42. The van der Waals surface area contributed by atoms with E-state index in [2.05, 4.69) is 15.7 Å². The van der Waals surface area contributed by atoms with E-state index < -0.39 is 29.6 Å². The number of fused-ring (bicyclic) bond motifs is 3. The molecule has 0 unspecified atom stereocenters. The molecule has 0 saturated carbocycles. The number of rotatable bonds is 3. The van der Waals surface area contributed by atoms with Gasteiger partial charge in [-0.3, -0.25) is 19.7 Å². The predicted molar refractivity (Wildman–Crippen MR) is 105 cm³/mol. The highest BCUT2D eigenvalue weighted by Gasteiger charge is 2.16. The Bertz CT molecular complexity index is 1320. The van der Waals surface area contributed by atoms with Crippen LogP contribution in [0.15, 0.2) is 64.2 Å². The van der Waals surface area contributed by atoms with E-state index in [1.165, 1.54) is 15.7 Å². The van der Waals surface area contributed by atoms with Crippen molar-refractivity contribution in [1.29, 1.82) is 0 Å². The summed E-state index contributed by atoms with van der Waals surface area (Å²) in [5, 5.41) is 8.69. The Morgan fingerprint density at radius 2 is 1.68 bits per heavy atom. The third kappa shape index (κ3) is 3.28. The molecule has 0 aliphatic carbocycles. The number of nitrogens with one attached hydrogen (secondary N) is 2. The summed E-state index contributed by atoms with van der Waals surface area (Å²) in [5.41, 5.74) is -0.660. The van der Waals surface area contributed by atoms with Crippen molar-refractivity contribution in [3.05, 3.63) is 75.3 Å². The lowest BCUT2D eigenvalue weighted by Gasteiger charge is -2.07. The van der Waals surface area contributed by atoms with Crippen molar-refractivity contribution in [3.8, 4) is 0 Å². The highest BCUT2D eigenvalue weighted by Crippen LogP contribution is 2.22. The van der Waals surface area contributed by atoms with Crippen LogP contribution in [0.3, 0.4) is 0 Å². The molecule has 4 aromatic rings. The minimum absolute atomic E-state index is 0.285. The molecule has 2 aromatic carbocycles. The van der Waals surface area contributed by atoms with Gasteiger partial charge in [-0.1, -0.05) is 41.7 Å². The van der Waals surface area contributed by atoms with Crippen LogP contribution in [-0.4, -0.2) is 26.1 Å². The van der Waals surface area contributed by atoms with Gasteiger partial charge in [-0.15, -0.1) is 5.10 Å². The number of amides is 3. The highest BCUT2D eigenvalue weighted by atomic mass is 32.1. The van der Waals surface area contributed by atoms with Crippen molar-refractivity contribution in [2.75, 3.05) is 5.32 Å². The Hall–Kier alpha value is -3.79. The third-order valence-electron chi connectivity index (χ3n) is 3.90. The second kappa shape index (κ2) is 7.08. The van der Waals surface area contributed by atoms with Crippen molar-refractivity contribution < 1.29 is 9.59 Å². The summed E-state index contributed by atoms with van der Waals surface area (Å²) < 4.78 is 2.77. The smallest absolute Gasteiger partial charge is 0.308 e. The van der Waals surface area contributed by atoms with Gasteiger partial charge in [-0.2, -0.15) is 0 Å². The van der Waals surface area contributed by atoms with Crippen LogP contribution in [0.1, 0.15) is 0 Å². The van der Waals surface area contributed by atoms with Gasteiger partial charge in [0.05, 0.1) is 10.2 Å². The van der Waals surface area contributed by atoms with Gasteiger partial charge < -0.3 is 5.32 Å². The average Bonchev–Trinajstić information content (AvgIpc) is 3.04. The molecule has 10 heteroatoms. The van der Waals surface area contributed by atoms with E-state index in [9.17, 15) is 19.2 Å². The molecule has 2 N–H and O–H groups in total. The van der Waals surface area contributed by atoms with E-state index >= 15 is 0 Å². The second-order valence-corrected chi connectivity index (χ2v) is 6.83. The molecule has 2 aromatic heterocycles. The molecule has 0 radical (unpaired) electrons. The number of anilines is 1. The van der Waals surface area contributed by atoms with Gasteiger partial charge in [0.1, 0.15) is 6.54 Å². The topological polar surface area (TPSA) is 115 Å². The number of thiazole rings is 1. The molecule has 3 amide bonds. The van der Waals surface area contributed by atoms with E-state index in [1.54, 1.807) is 42.5 Å². The lowest BCUT2D eigenvalue weighted by atomic mass is 10.3. The number of imide groups is 1. The van der Waals surface area contributed by atoms with E-state index in [4.69, 9.17) is 0 Å². The molecule has 0 fully saturated rings. The fraction of sp³-hybridized carbons (Fsp3) is 0.0556. The van der Waals surface area contributed by atoms with Crippen LogP contribution in [0.4, 0.5) is 10.5 Å². The monoisotopic (exact) mass is 395 g/mol. The molecular formula is C18H13N5O4S. The second-order valence-electron chi connectivity index (χ2n) is 5.82. The maximum atomic E-state index is 12.5. The number of hydrogen-bond acceptors (Lipinski definition) is 6. The molecule has 28 heavy (non-hydrogen) atoms. The van der Waals surface area contributed by atoms with Crippen LogP contribution in [-0.2, 0) is 11.3 Å². The van der Waals surface area contributed by atoms with E-state index in [0.717, 1.165) is 9.38 Å². The SMILES string of the molecule is O=C(Cn1nc2sc3ccccc3n2c(=O)c1=O)NC(=O)Nc1ccccc1. The molecule has 0 aliphatic heterocycles. The summed E-state index contributed by atoms with van der Waals surface area (Å²) in [5.74, 6) is -0.770. The fourth-order valence-corrected chi connectivity index (χ4v) is 3.70. The molecule has 0 bridgehead atoms. The zero-order chi connectivity index (χ0) is 19.7. The summed E-state index contributed by atoms with van der Waals surface area (Å²) in [6.45, 7) is -0.555. The molecule has 9 nitrogen and oxygen atoms in total. The van der Waals surface area contributed by atoms with Crippen molar-refractivity contribution in [2.45, 2.75) is 6.54 Å². The van der Waals surface area contributed by atoms with Gasteiger partial charge in [-0.05, 0) is 24.3 Å². The Morgan fingerprint density at radius 1 is 0.964 bits per heavy atom. The Morgan fingerprint density at radius 3 is 2.46 bits per heavy atom. The van der Waals surface area contributed by atoms with Gasteiger partial charge in [0, 0.05) is 5.69 Å². The first-order chi connectivity index (χ1) is 13.5. The van der Waals surface area contributed by atoms with Crippen LogP contribution < -0.4 is 21.8 Å². The number of nitrogens with zero attached hydrogens (tertiary/aromatic N) is 3.